The van der Waals surface area contributed by atoms with Crippen molar-refractivity contribution < 1.29 is 27.1 Å². The van der Waals surface area contributed by atoms with E-state index in [2.05, 4.69) is 20.5 Å². The number of rotatable bonds is 5. The van der Waals surface area contributed by atoms with Gasteiger partial charge in [-0.15, -0.1) is 0 Å². The largest absolute Gasteiger partial charge is 0.480 e. The number of nitrogens with one attached hydrogen (secondary N) is 2. The van der Waals surface area contributed by atoms with E-state index < -0.39 is 35.3 Å². The van der Waals surface area contributed by atoms with Gasteiger partial charge in [-0.2, -0.15) is 18.3 Å². The molecule has 3 rings (SSSR count). The van der Waals surface area contributed by atoms with Crippen LogP contribution in [-0.2, 0) is 0 Å². The van der Waals surface area contributed by atoms with Crippen LogP contribution < -0.4 is 15.8 Å². The normalized spacial score (nSPS) is 12.5. The zero-order valence-corrected chi connectivity index (χ0v) is 17.8. The van der Waals surface area contributed by atoms with Crippen molar-refractivity contribution in [3.8, 4) is 17.0 Å². The lowest BCUT2D eigenvalue weighted by Crippen LogP contribution is -2.32. The minimum absolute atomic E-state index is 0.0655. The second-order valence-electron chi connectivity index (χ2n) is 7.02. The molecule has 0 fully saturated rings. The number of aryl methyl sites for hydroxylation is 2. The maximum absolute atomic E-state index is 14.9. The Morgan fingerprint density at radius 3 is 2.53 bits per heavy atom. The van der Waals surface area contributed by atoms with Gasteiger partial charge in [0.2, 0.25) is 0 Å². The third-order valence-corrected chi connectivity index (χ3v) is 4.91. The van der Waals surface area contributed by atoms with Crippen LogP contribution in [0, 0.1) is 19.7 Å². The van der Waals surface area contributed by atoms with Gasteiger partial charge in [-0.05, 0) is 44.5 Å². The predicted octanol–water partition coefficient (Wildman–Crippen LogP) is 5.05. The molecule has 0 bridgehead atoms. The molecule has 0 aliphatic carbocycles. The van der Waals surface area contributed by atoms with E-state index in [1.807, 2.05) is 0 Å². The van der Waals surface area contributed by atoms with E-state index in [-0.39, 0.29) is 22.1 Å². The molecule has 12 heteroatoms. The van der Waals surface area contributed by atoms with E-state index >= 15 is 0 Å². The van der Waals surface area contributed by atoms with Crippen molar-refractivity contribution in [1.29, 1.82) is 0 Å². The number of nitrogens with zero attached hydrogens (tertiary/aromatic N) is 2. The van der Waals surface area contributed by atoms with Gasteiger partial charge in [0.25, 0.3) is 5.91 Å². The number of amides is 1. The minimum atomic E-state index is -4.72. The van der Waals surface area contributed by atoms with E-state index in [9.17, 15) is 22.4 Å². The number of pyridine rings is 1. The number of nitrogens with two attached hydrogens (primary N) is 1. The molecule has 0 aliphatic rings. The van der Waals surface area contributed by atoms with Crippen LogP contribution in [0.1, 0.15) is 28.5 Å². The third kappa shape index (κ3) is 4.77. The van der Waals surface area contributed by atoms with Gasteiger partial charge in [-0.1, -0.05) is 11.6 Å². The number of aromatic amines is 1. The summed E-state index contributed by atoms with van der Waals surface area (Å²) in [5, 5.41) is 8.58. The molecule has 0 spiro atoms. The first-order valence-corrected chi connectivity index (χ1v) is 9.57. The number of alkyl halides is 3. The summed E-state index contributed by atoms with van der Waals surface area (Å²) in [7, 11) is 0. The lowest BCUT2D eigenvalue weighted by Gasteiger charge is -2.20. The molecule has 1 aromatic carbocycles. The fourth-order valence-electron chi connectivity index (χ4n) is 2.69. The first-order valence-electron chi connectivity index (χ1n) is 9.19. The highest BCUT2D eigenvalue weighted by Gasteiger charge is 2.39. The Bertz CT molecular complexity index is 1160. The van der Waals surface area contributed by atoms with Crippen molar-refractivity contribution in [3.05, 3.63) is 52.2 Å². The lowest BCUT2D eigenvalue weighted by molar-refractivity contribution is -0.189. The van der Waals surface area contributed by atoms with Gasteiger partial charge in [0.15, 0.2) is 11.3 Å². The van der Waals surface area contributed by atoms with E-state index in [1.165, 1.54) is 12.3 Å². The summed E-state index contributed by atoms with van der Waals surface area (Å²) in [5.41, 5.74) is 6.69. The Kier molecular flexibility index (Phi) is 6.31. The van der Waals surface area contributed by atoms with Crippen LogP contribution in [0.15, 0.2) is 24.4 Å². The molecule has 7 nitrogen and oxygen atoms in total. The van der Waals surface area contributed by atoms with E-state index in [0.29, 0.717) is 16.9 Å². The number of benzene rings is 1. The average molecular weight is 472 g/mol. The Labute approximate surface area is 184 Å². The second kappa shape index (κ2) is 8.65. The molecule has 4 N–H and O–H groups in total. The maximum Gasteiger partial charge on any atom is 0.425 e. The molecule has 0 saturated heterocycles. The summed E-state index contributed by atoms with van der Waals surface area (Å²) in [5.74, 6) is -2.35. The van der Waals surface area contributed by atoms with Crippen LogP contribution >= 0.6 is 11.6 Å². The molecule has 0 radical (unpaired) electrons. The van der Waals surface area contributed by atoms with Crippen LogP contribution in [-0.4, -0.2) is 33.4 Å². The number of ether oxygens (including phenoxy) is 1. The highest BCUT2D eigenvalue weighted by Crippen LogP contribution is 2.34. The number of nitrogen functional groups attached to an aromatic ring is 1. The molecule has 170 valence electrons. The number of H-pyrrole nitrogens is 1. The zero-order chi connectivity index (χ0) is 23.8. The van der Waals surface area contributed by atoms with Crippen LogP contribution in [0.4, 0.5) is 28.9 Å². The number of hydrogen-bond donors (Lipinski definition) is 3. The number of hydrogen-bond acceptors (Lipinski definition) is 5. The molecular formula is C20H18ClF4N5O2. The molecule has 2 aromatic heterocycles. The van der Waals surface area contributed by atoms with Gasteiger partial charge in [-0.3, -0.25) is 14.9 Å². The van der Waals surface area contributed by atoms with Gasteiger partial charge in [0.05, 0.1) is 17.0 Å². The number of aromatic nitrogens is 3. The SMILES string of the molecule is Cc1cnc(-c2cc(O[C@@H](C)C(F)(F)F)c(C(=O)Nc3c(Cl)n[nH]c3C)cc2F)cc1N. The predicted molar refractivity (Wildman–Crippen MR) is 111 cm³/mol. The van der Waals surface area contributed by atoms with Crippen molar-refractivity contribution in [2.75, 3.05) is 11.1 Å². The Hall–Kier alpha value is -3.34. The van der Waals surface area contributed by atoms with E-state index in [1.54, 1.807) is 13.8 Å². The molecule has 3 aromatic rings. The Morgan fingerprint density at radius 2 is 1.97 bits per heavy atom. The average Bonchev–Trinajstić information content (AvgIpc) is 3.02. The van der Waals surface area contributed by atoms with Gasteiger partial charge in [0.1, 0.15) is 17.3 Å². The molecule has 2 heterocycles. The number of carbonyl (C=O) groups is 1. The van der Waals surface area contributed by atoms with Gasteiger partial charge in [0, 0.05) is 17.4 Å². The number of carbonyl (C=O) groups excluding carboxylic acids is 1. The standard InChI is InChI=1S/C20H18ClF4N5O2/c1-8-7-27-15(6-14(8)26)11-5-16(32-10(3)20(23,24)25)12(4-13(11)22)19(31)28-17-9(2)29-30-18(17)21/h4-7,10H,1-3H3,(H2,26,27)(H,28,31)(H,29,30)/t10-/m0/s1. The molecular weight excluding hydrogens is 454 g/mol. The number of anilines is 2. The smallest absolute Gasteiger partial charge is 0.425 e. The summed E-state index contributed by atoms with van der Waals surface area (Å²) in [4.78, 5) is 16.9. The van der Waals surface area contributed by atoms with Crippen molar-refractivity contribution in [2.45, 2.75) is 33.1 Å². The number of halogens is 5. The quantitative estimate of drug-likeness (QED) is 0.452. The monoisotopic (exact) mass is 471 g/mol. The topological polar surface area (TPSA) is 106 Å². The highest BCUT2D eigenvalue weighted by atomic mass is 35.5. The summed E-state index contributed by atoms with van der Waals surface area (Å²) in [6, 6.07) is 3.12. The summed E-state index contributed by atoms with van der Waals surface area (Å²) >= 11 is 5.89. The fourth-order valence-corrected chi connectivity index (χ4v) is 2.93. The van der Waals surface area contributed by atoms with Crippen molar-refractivity contribution >= 4 is 28.9 Å². The van der Waals surface area contributed by atoms with Crippen LogP contribution in [0.2, 0.25) is 5.15 Å². The van der Waals surface area contributed by atoms with Crippen molar-refractivity contribution in [2.24, 2.45) is 0 Å². The first kappa shape index (κ1) is 23.3. The Balaban J connectivity index is 2.09. The molecule has 1 atom stereocenters. The Morgan fingerprint density at radius 1 is 1.28 bits per heavy atom. The van der Waals surface area contributed by atoms with Gasteiger partial charge >= 0.3 is 6.18 Å². The summed E-state index contributed by atoms with van der Waals surface area (Å²) in [6.45, 7) is 4.02. The second-order valence-corrected chi connectivity index (χ2v) is 7.38. The van der Waals surface area contributed by atoms with E-state index in [4.69, 9.17) is 22.1 Å². The van der Waals surface area contributed by atoms with Crippen molar-refractivity contribution in [3.63, 3.8) is 0 Å². The molecule has 0 saturated carbocycles. The fraction of sp³-hybridized carbons (Fsp3) is 0.250. The lowest BCUT2D eigenvalue weighted by atomic mass is 10.0. The van der Waals surface area contributed by atoms with Crippen molar-refractivity contribution in [1.82, 2.24) is 15.2 Å². The third-order valence-electron chi connectivity index (χ3n) is 4.64. The van der Waals surface area contributed by atoms with Crippen LogP contribution in [0.3, 0.4) is 0 Å². The van der Waals surface area contributed by atoms with Gasteiger partial charge in [-0.25, -0.2) is 4.39 Å². The van der Waals surface area contributed by atoms with E-state index in [0.717, 1.165) is 19.1 Å². The summed E-state index contributed by atoms with van der Waals surface area (Å²) < 4.78 is 59.3. The van der Waals surface area contributed by atoms with Gasteiger partial charge < -0.3 is 15.8 Å². The highest BCUT2D eigenvalue weighted by molar-refractivity contribution is 6.33. The molecule has 32 heavy (non-hydrogen) atoms. The minimum Gasteiger partial charge on any atom is -0.480 e. The first-order chi connectivity index (χ1) is 14.9. The zero-order valence-electron chi connectivity index (χ0n) is 17.1. The van der Waals surface area contributed by atoms with Crippen LogP contribution in [0.25, 0.3) is 11.3 Å². The maximum atomic E-state index is 14.9. The molecule has 0 aliphatic heterocycles. The summed E-state index contributed by atoms with van der Waals surface area (Å²) in [6.07, 6.45) is -5.60. The molecule has 0 unspecified atom stereocenters. The van der Waals surface area contributed by atoms with Crippen LogP contribution in [0.5, 0.6) is 5.75 Å². The molecule has 1 amide bonds.